The van der Waals surface area contributed by atoms with Gasteiger partial charge in [-0.2, -0.15) is 0 Å². The monoisotopic (exact) mass is 407 g/mol. The third-order valence-corrected chi connectivity index (χ3v) is 4.95. The molecule has 0 saturated carbocycles. The van der Waals surface area contributed by atoms with Gasteiger partial charge in [0.1, 0.15) is 18.2 Å². The van der Waals surface area contributed by atoms with E-state index in [0.717, 1.165) is 0 Å². The standard InChI is InChI=1S/C21H21N5O4/c1-25-19(27)11-17(16-6-7-22-13-23-16)24-21(25)26-8-9-30-18(12-26)20(28)14-4-3-5-15(10-14)29-2/h3-7,10-11,13,18H,8-9,12H2,1-2H3. The van der Waals surface area contributed by atoms with Crippen molar-refractivity contribution in [2.75, 3.05) is 31.7 Å². The highest BCUT2D eigenvalue weighted by atomic mass is 16.5. The molecule has 30 heavy (non-hydrogen) atoms. The summed E-state index contributed by atoms with van der Waals surface area (Å²) in [4.78, 5) is 40.1. The van der Waals surface area contributed by atoms with Crippen LogP contribution in [-0.2, 0) is 11.8 Å². The number of aromatic nitrogens is 4. The molecule has 154 valence electrons. The molecule has 1 unspecified atom stereocenters. The Hall–Kier alpha value is -3.59. The van der Waals surface area contributed by atoms with E-state index in [1.807, 2.05) is 4.90 Å². The molecule has 9 heteroatoms. The number of nitrogens with zero attached hydrogens (tertiary/aromatic N) is 5. The Bertz CT molecular complexity index is 1120. The van der Waals surface area contributed by atoms with E-state index < -0.39 is 6.10 Å². The topological polar surface area (TPSA) is 99.4 Å². The van der Waals surface area contributed by atoms with Crippen molar-refractivity contribution < 1.29 is 14.3 Å². The van der Waals surface area contributed by atoms with Crippen molar-refractivity contribution in [1.29, 1.82) is 0 Å². The fraction of sp³-hybridized carbons (Fsp3) is 0.286. The van der Waals surface area contributed by atoms with Crippen molar-refractivity contribution >= 4 is 11.7 Å². The van der Waals surface area contributed by atoms with E-state index in [0.29, 0.717) is 41.8 Å². The number of hydrogen-bond acceptors (Lipinski definition) is 8. The van der Waals surface area contributed by atoms with E-state index in [2.05, 4.69) is 15.0 Å². The van der Waals surface area contributed by atoms with Crippen LogP contribution in [0, 0.1) is 0 Å². The van der Waals surface area contributed by atoms with E-state index in [1.165, 1.54) is 17.0 Å². The number of Topliss-reactive ketones (excluding diaryl/α,β-unsaturated/α-hetero) is 1. The molecule has 0 amide bonds. The molecule has 9 nitrogen and oxygen atoms in total. The number of ether oxygens (including phenoxy) is 2. The maximum Gasteiger partial charge on any atom is 0.255 e. The molecule has 0 bridgehead atoms. The molecular weight excluding hydrogens is 386 g/mol. The summed E-state index contributed by atoms with van der Waals surface area (Å²) in [5, 5.41) is 0. The molecule has 1 fully saturated rings. The van der Waals surface area contributed by atoms with Gasteiger partial charge in [-0.25, -0.2) is 15.0 Å². The van der Waals surface area contributed by atoms with Gasteiger partial charge in [0.15, 0.2) is 5.78 Å². The van der Waals surface area contributed by atoms with E-state index in [4.69, 9.17) is 9.47 Å². The third-order valence-electron chi connectivity index (χ3n) is 4.95. The van der Waals surface area contributed by atoms with Crippen LogP contribution in [0.3, 0.4) is 0 Å². The SMILES string of the molecule is COc1cccc(C(=O)C2CN(c3nc(-c4ccncn4)cc(=O)n3C)CCO2)c1. The minimum Gasteiger partial charge on any atom is -0.497 e. The average Bonchev–Trinajstić information content (AvgIpc) is 2.81. The van der Waals surface area contributed by atoms with Gasteiger partial charge >= 0.3 is 0 Å². The molecule has 1 aromatic carbocycles. The molecular formula is C21H21N5O4. The second-order valence-corrected chi connectivity index (χ2v) is 6.83. The summed E-state index contributed by atoms with van der Waals surface area (Å²) < 4.78 is 12.4. The first-order valence-corrected chi connectivity index (χ1v) is 9.46. The second-order valence-electron chi connectivity index (χ2n) is 6.83. The number of anilines is 1. The van der Waals surface area contributed by atoms with Gasteiger partial charge in [-0.3, -0.25) is 14.2 Å². The van der Waals surface area contributed by atoms with E-state index >= 15 is 0 Å². The predicted molar refractivity (Wildman–Crippen MR) is 110 cm³/mol. The van der Waals surface area contributed by atoms with E-state index in [-0.39, 0.29) is 17.9 Å². The van der Waals surface area contributed by atoms with Crippen LogP contribution in [-0.4, -0.2) is 58.2 Å². The summed E-state index contributed by atoms with van der Waals surface area (Å²) in [6, 6.07) is 10.1. The molecule has 3 aromatic rings. The molecule has 1 atom stereocenters. The Labute approximate surface area is 172 Å². The summed E-state index contributed by atoms with van der Waals surface area (Å²) in [5.74, 6) is 0.925. The summed E-state index contributed by atoms with van der Waals surface area (Å²) in [6.45, 7) is 1.13. The van der Waals surface area contributed by atoms with Crippen molar-refractivity contribution in [1.82, 2.24) is 19.5 Å². The summed E-state index contributed by atoms with van der Waals surface area (Å²) in [5.41, 5.74) is 1.31. The van der Waals surface area contributed by atoms with Crippen LogP contribution in [0.5, 0.6) is 5.75 Å². The Balaban J connectivity index is 1.62. The van der Waals surface area contributed by atoms with Crippen molar-refractivity contribution in [3.63, 3.8) is 0 Å². The van der Waals surface area contributed by atoms with Crippen LogP contribution in [0.2, 0.25) is 0 Å². The lowest BCUT2D eigenvalue weighted by Gasteiger charge is -2.33. The minimum atomic E-state index is -0.675. The number of carbonyl (C=O) groups is 1. The van der Waals surface area contributed by atoms with Gasteiger partial charge in [-0.1, -0.05) is 12.1 Å². The van der Waals surface area contributed by atoms with Crippen LogP contribution in [0.15, 0.2) is 53.7 Å². The predicted octanol–water partition coefficient (Wildman–Crippen LogP) is 1.33. The Kier molecular flexibility index (Phi) is 5.53. The largest absolute Gasteiger partial charge is 0.497 e. The number of rotatable bonds is 5. The van der Waals surface area contributed by atoms with Gasteiger partial charge in [-0.05, 0) is 18.2 Å². The van der Waals surface area contributed by atoms with E-state index in [1.54, 1.807) is 50.7 Å². The number of hydrogen-bond donors (Lipinski definition) is 0. The number of methoxy groups -OCH3 is 1. The quantitative estimate of drug-likeness (QED) is 0.584. The Morgan fingerprint density at radius 3 is 2.87 bits per heavy atom. The van der Waals surface area contributed by atoms with E-state index in [9.17, 15) is 9.59 Å². The Morgan fingerprint density at radius 2 is 2.10 bits per heavy atom. The number of carbonyl (C=O) groups excluding carboxylic acids is 1. The van der Waals surface area contributed by atoms with Gasteiger partial charge in [0.25, 0.3) is 5.56 Å². The zero-order chi connectivity index (χ0) is 21.1. The molecule has 0 aliphatic carbocycles. The molecule has 3 heterocycles. The van der Waals surface area contributed by atoms with Crippen molar-refractivity contribution in [2.45, 2.75) is 6.10 Å². The van der Waals surface area contributed by atoms with Gasteiger partial charge in [0.2, 0.25) is 5.95 Å². The average molecular weight is 407 g/mol. The molecule has 0 spiro atoms. The second kappa shape index (κ2) is 8.42. The third kappa shape index (κ3) is 3.92. The maximum absolute atomic E-state index is 13.0. The lowest BCUT2D eigenvalue weighted by molar-refractivity contribution is 0.0336. The van der Waals surface area contributed by atoms with Gasteiger partial charge in [0.05, 0.1) is 31.6 Å². The first kappa shape index (κ1) is 19.7. The van der Waals surface area contributed by atoms with Crippen molar-refractivity contribution in [3.05, 3.63) is 64.8 Å². The van der Waals surface area contributed by atoms with Crippen molar-refractivity contribution in [3.8, 4) is 17.1 Å². The summed E-state index contributed by atoms with van der Waals surface area (Å²) in [6.07, 6.45) is 2.33. The molecule has 1 aliphatic rings. The van der Waals surface area contributed by atoms with Gasteiger partial charge in [-0.15, -0.1) is 0 Å². The Morgan fingerprint density at radius 1 is 1.23 bits per heavy atom. The van der Waals surface area contributed by atoms with Crippen LogP contribution in [0.25, 0.3) is 11.4 Å². The highest BCUT2D eigenvalue weighted by Crippen LogP contribution is 2.21. The minimum absolute atomic E-state index is 0.143. The summed E-state index contributed by atoms with van der Waals surface area (Å²) >= 11 is 0. The molecule has 1 aliphatic heterocycles. The summed E-state index contributed by atoms with van der Waals surface area (Å²) in [7, 11) is 3.21. The lowest BCUT2D eigenvalue weighted by atomic mass is 10.0. The number of morpholine rings is 1. The highest BCUT2D eigenvalue weighted by molar-refractivity contribution is 6.00. The first-order valence-electron chi connectivity index (χ1n) is 9.46. The molecule has 0 N–H and O–H groups in total. The van der Waals surface area contributed by atoms with Crippen LogP contribution < -0.4 is 15.2 Å². The first-order chi connectivity index (χ1) is 14.6. The van der Waals surface area contributed by atoms with Gasteiger partial charge < -0.3 is 14.4 Å². The number of benzene rings is 1. The number of ketones is 1. The zero-order valence-electron chi connectivity index (χ0n) is 16.7. The van der Waals surface area contributed by atoms with Crippen LogP contribution in [0.1, 0.15) is 10.4 Å². The van der Waals surface area contributed by atoms with Crippen molar-refractivity contribution in [2.24, 2.45) is 7.05 Å². The highest BCUT2D eigenvalue weighted by Gasteiger charge is 2.29. The van der Waals surface area contributed by atoms with Crippen LogP contribution >= 0.6 is 0 Å². The molecule has 1 saturated heterocycles. The van der Waals surface area contributed by atoms with Gasteiger partial charge in [0, 0.05) is 31.4 Å². The maximum atomic E-state index is 13.0. The van der Waals surface area contributed by atoms with Crippen LogP contribution in [0.4, 0.5) is 5.95 Å². The smallest absolute Gasteiger partial charge is 0.255 e. The molecule has 2 aromatic heterocycles. The molecule has 0 radical (unpaired) electrons. The fourth-order valence-electron chi connectivity index (χ4n) is 3.34. The molecule has 4 rings (SSSR count). The fourth-order valence-corrected chi connectivity index (χ4v) is 3.34. The normalized spacial score (nSPS) is 16.3. The zero-order valence-corrected chi connectivity index (χ0v) is 16.7. The lowest BCUT2D eigenvalue weighted by Crippen LogP contribution is -2.48.